The van der Waals surface area contributed by atoms with Gasteiger partial charge in [-0.05, 0) is 105 Å². The third-order valence-corrected chi connectivity index (χ3v) is 14.2. The van der Waals surface area contributed by atoms with Crippen LogP contribution in [0.25, 0.3) is 0 Å². The van der Waals surface area contributed by atoms with Crippen LogP contribution in [0, 0.1) is 35.0 Å². The van der Waals surface area contributed by atoms with Crippen LogP contribution in [0.2, 0.25) is 0 Å². The molecule has 0 radical (unpaired) electrons. The normalized spacial score (nSPS) is 36.8. The highest BCUT2D eigenvalue weighted by molar-refractivity contribution is 5.82. The van der Waals surface area contributed by atoms with Crippen molar-refractivity contribution in [2.75, 3.05) is 13.1 Å². The summed E-state index contributed by atoms with van der Waals surface area (Å²) in [5.41, 5.74) is 4.51. The lowest BCUT2D eigenvalue weighted by atomic mass is 9.56. The number of amides is 2. The van der Waals surface area contributed by atoms with Crippen LogP contribution >= 0.6 is 0 Å². The molecular weight excluding hydrogens is 669 g/mol. The number of ether oxygens (including phenoxy) is 2. The van der Waals surface area contributed by atoms with Crippen LogP contribution in [0.1, 0.15) is 104 Å². The third kappa shape index (κ3) is 6.75. The van der Waals surface area contributed by atoms with Gasteiger partial charge in [-0.25, -0.2) is 4.79 Å². The number of alkyl carbamates (subject to hydrolysis) is 1. The molecular formula is C42H55F3N2O5. The van der Waals surface area contributed by atoms with E-state index in [2.05, 4.69) is 25.2 Å². The maximum atomic E-state index is 13.7. The molecule has 0 bridgehead atoms. The standard InChI is InChI=1S/C42H55F3N2O5/c1-25-21-36-37(47(24-25)38(49)42(43,44)45)27(3)41(52-36)19-17-32-33-15-13-29-22-31(16-18-40(29,4)35(33)23-34(32)26(41)2)51-39(50)46-20-8-11-30(48)14-12-28-9-6-5-7-10-28/h5-7,9-10,13,25,27,31-33,35-37H,8,11-12,14-24H2,1-4H3,(H,46,50)/t25-,27+,31-,32-,33-,35-,36+,37-,40-,41-/m0/s1. The number of rotatable bonds is 8. The molecule has 7 nitrogen and oxygen atoms in total. The van der Waals surface area contributed by atoms with Crippen LogP contribution in [0.5, 0.6) is 0 Å². The Morgan fingerprint density at radius 1 is 1.06 bits per heavy atom. The number of nitrogens with zero attached hydrogens (tertiary/aromatic N) is 1. The number of nitrogens with one attached hydrogen (secondary N) is 1. The Balaban J connectivity index is 0.951. The first-order valence-corrected chi connectivity index (χ1v) is 19.7. The highest BCUT2D eigenvalue weighted by Gasteiger charge is 2.63. The summed E-state index contributed by atoms with van der Waals surface area (Å²) in [6, 6.07) is 9.39. The lowest BCUT2D eigenvalue weighted by Crippen LogP contribution is -2.57. The molecule has 2 aliphatic heterocycles. The summed E-state index contributed by atoms with van der Waals surface area (Å²) in [5.74, 6) is -0.436. The monoisotopic (exact) mass is 724 g/mol. The topological polar surface area (TPSA) is 84.9 Å². The number of aryl methyl sites for hydroxylation is 1. The molecule has 0 aromatic heterocycles. The predicted molar refractivity (Wildman–Crippen MR) is 191 cm³/mol. The highest BCUT2D eigenvalue weighted by Crippen LogP contribution is 2.65. The van der Waals surface area contributed by atoms with Gasteiger partial charge in [-0.3, -0.25) is 9.59 Å². The molecule has 2 amide bonds. The van der Waals surface area contributed by atoms with Gasteiger partial charge in [0.15, 0.2) is 0 Å². The van der Waals surface area contributed by atoms with Crippen LogP contribution in [0.15, 0.2) is 53.1 Å². The Morgan fingerprint density at radius 3 is 2.58 bits per heavy atom. The number of carbonyl (C=O) groups excluding carboxylic acids is 3. The summed E-state index contributed by atoms with van der Waals surface area (Å²) in [4.78, 5) is 38.8. The molecule has 0 unspecified atom stereocenters. The number of piperidine rings is 1. The molecule has 4 aliphatic carbocycles. The number of carbonyl (C=O) groups is 3. The zero-order chi connectivity index (χ0) is 37.0. The summed E-state index contributed by atoms with van der Waals surface area (Å²) >= 11 is 0. The number of allylic oxidation sites excluding steroid dienone is 2. The number of hydrogen-bond acceptors (Lipinski definition) is 5. The van der Waals surface area contributed by atoms with E-state index >= 15 is 0 Å². The molecule has 2 saturated heterocycles. The zero-order valence-corrected chi connectivity index (χ0v) is 31.1. The van der Waals surface area contributed by atoms with Crippen molar-refractivity contribution in [3.8, 4) is 0 Å². The van der Waals surface area contributed by atoms with Gasteiger partial charge in [-0.1, -0.05) is 68.3 Å². The fraction of sp³-hybridized carbons (Fsp3) is 0.690. The summed E-state index contributed by atoms with van der Waals surface area (Å²) in [5, 5.41) is 2.85. The Kier molecular flexibility index (Phi) is 10.2. The predicted octanol–water partition coefficient (Wildman–Crippen LogP) is 8.52. The average Bonchev–Trinajstić information content (AvgIpc) is 3.63. The first-order chi connectivity index (χ1) is 24.7. The number of halogens is 3. The van der Waals surface area contributed by atoms with Crippen molar-refractivity contribution in [1.29, 1.82) is 0 Å². The molecule has 2 saturated carbocycles. The van der Waals surface area contributed by atoms with Crippen LogP contribution in [-0.4, -0.2) is 65.8 Å². The molecule has 4 fully saturated rings. The number of fused-ring (bicyclic) bond motifs is 6. The minimum Gasteiger partial charge on any atom is -0.446 e. The molecule has 1 aromatic carbocycles. The van der Waals surface area contributed by atoms with Gasteiger partial charge in [0.05, 0.1) is 17.7 Å². The first-order valence-electron chi connectivity index (χ1n) is 19.7. The maximum Gasteiger partial charge on any atom is 0.471 e. The van der Waals surface area contributed by atoms with E-state index in [1.54, 1.807) is 0 Å². The van der Waals surface area contributed by atoms with Crippen molar-refractivity contribution < 1.29 is 37.0 Å². The summed E-state index contributed by atoms with van der Waals surface area (Å²) < 4.78 is 54.0. The van der Waals surface area contributed by atoms with E-state index in [-0.39, 0.29) is 35.7 Å². The molecule has 284 valence electrons. The molecule has 10 heteroatoms. The van der Waals surface area contributed by atoms with E-state index in [1.165, 1.54) is 16.7 Å². The van der Waals surface area contributed by atoms with Gasteiger partial charge in [0.2, 0.25) is 0 Å². The Morgan fingerprint density at radius 2 is 1.83 bits per heavy atom. The van der Waals surface area contributed by atoms with Crippen molar-refractivity contribution in [3.05, 3.63) is 58.7 Å². The quantitative estimate of drug-likeness (QED) is 0.215. The second-order valence-corrected chi connectivity index (χ2v) is 17.1. The fourth-order valence-corrected chi connectivity index (χ4v) is 11.5. The van der Waals surface area contributed by atoms with Crippen molar-refractivity contribution in [3.63, 3.8) is 0 Å². The smallest absolute Gasteiger partial charge is 0.446 e. The Labute approximate surface area is 306 Å². The highest BCUT2D eigenvalue weighted by atomic mass is 19.4. The van der Waals surface area contributed by atoms with Crippen molar-refractivity contribution >= 4 is 17.8 Å². The summed E-state index contributed by atoms with van der Waals surface area (Å²) in [6.07, 6.45) is 5.53. The van der Waals surface area contributed by atoms with Gasteiger partial charge in [-0.15, -0.1) is 0 Å². The number of likely N-dealkylation sites (tertiary alicyclic amines) is 1. The number of ketones is 1. The third-order valence-electron chi connectivity index (χ3n) is 14.2. The van der Waals surface area contributed by atoms with E-state index in [4.69, 9.17) is 9.47 Å². The fourth-order valence-electron chi connectivity index (χ4n) is 11.5. The van der Waals surface area contributed by atoms with E-state index in [1.807, 2.05) is 44.2 Å². The van der Waals surface area contributed by atoms with Gasteiger partial charge in [0, 0.05) is 38.3 Å². The zero-order valence-electron chi connectivity index (χ0n) is 31.1. The molecule has 1 spiro atoms. The van der Waals surface area contributed by atoms with Gasteiger partial charge >= 0.3 is 18.2 Å². The number of alkyl halides is 3. The van der Waals surface area contributed by atoms with Gasteiger partial charge in [-0.2, -0.15) is 13.2 Å². The Hall–Kier alpha value is -3.14. The van der Waals surface area contributed by atoms with E-state index in [0.717, 1.165) is 61.8 Å². The van der Waals surface area contributed by atoms with Gasteiger partial charge in [0.25, 0.3) is 0 Å². The van der Waals surface area contributed by atoms with E-state index < -0.39 is 35.9 Å². The molecule has 1 aromatic rings. The van der Waals surface area contributed by atoms with Crippen molar-refractivity contribution in [2.45, 2.75) is 135 Å². The minimum absolute atomic E-state index is 0.00135. The molecule has 52 heavy (non-hydrogen) atoms. The number of hydrogen-bond donors (Lipinski definition) is 1. The number of benzene rings is 1. The average molecular weight is 725 g/mol. The van der Waals surface area contributed by atoms with E-state index in [0.29, 0.717) is 50.0 Å². The van der Waals surface area contributed by atoms with Crippen molar-refractivity contribution in [2.24, 2.45) is 35.0 Å². The maximum absolute atomic E-state index is 13.7. The summed E-state index contributed by atoms with van der Waals surface area (Å²) in [7, 11) is 0. The second kappa shape index (κ2) is 14.3. The SMILES string of the molecule is CC1=C2C[C@H]3[C@@H](CC=C4C[C@@H](OC(=O)NCCCC(=O)CCc5ccccc5)CC[C@@]43C)[C@@H]2CC[C@]12O[C@@H]1C[C@H](C)CN(C(=O)C(F)(F)F)[C@H]1[C@H]2C. The summed E-state index contributed by atoms with van der Waals surface area (Å²) in [6.45, 7) is 8.98. The van der Waals surface area contributed by atoms with E-state index in [9.17, 15) is 27.6 Å². The second-order valence-electron chi connectivity index (χ2n) is 17.1. The van der Waals surface area contributed by atoms with Crippen molar-refractivity contribution in [1.82, 2.24) is 10.2 Å². The molecule has 7 rings (SSSR count). The number of Topliss-reactive ketones (excluding diaryl/α,β-unsaturated/α-hetero) is 1. The molecule has 10 atom stereocenters. The lowest BCUT2D eigenvalue weighted by Gasteiger charge is -2.49. The lowest BCUT2D eigenvalue weighted by molar-refractivity contribution is -0.192. The van der Waals surface area contributed by atoms with Crippen LogP contribution in [-0.2, 0) is 25.5 Å². The van der Waals surface area contributed by atoms with Gasteiger partial charge in [0.1, 0.15) is 11.9 Å². The Bertz CT molecular complexity index is 1610. The molecule has 1 N–H and O–H groups in total. The largest absolute Gasteiger partial charge is 0.471 e. The first kappa shape index (κ1) is 37.2. The minimum atomic E-state index is -4.90. The van der Waals surface area contributed by atoms with Gasteiger partial charge < -0.3 is 19.7 Å². The molecule has 6 aliphatic rings. The van der Waals surface area contributed by atoms with Crippen LogP contribution < -0.4 is 5.32 Å². The molecule has 2 heterocycles. The van der Waals surface area contributed by atoms with Crippen LogP contribution in [0.4, 0.5) is 18.0 Å². The van der Waals surface area contributed by atoms with Crippen LogP contribution in [0.3, 0.4) is 0 Å².